The normalized spacial score (nSPS) is 10.9. The molecule has 76 valence electrons. The molecular formula is C10H19NO2. The fourth-order valence-corrected chi connectivity index (χ4v) is 0.999. The van der Waals surface area contributed by atoms with Gasteiger partial charge in [-0.1, -0.05) is 19.8 Å². The number of aliphatic imine (C=N–C) groups is 1. The molecule has 0 aliphatic carbocycles. The first-order valence-corrected chi connectivity index (χ1v) is 4.97. The quantitative estimate of drug-likeness (QED) is 0.486. The van der Waals surface area contributed by atoms with Crippen LogP contribution in [-0.4, -0.2) is 23.8 Å². The van der Waals surface area contributed by atoms with Crippen molar-refractivity contribution in [3.8, 4) is 0 Å². The lowest BCUT2D eigenvalue weighted by molar-refractivity contribution is -0.117. The van der Waals surface area contributed by atoms with Gasteiger partial charge in [0.15, 0.2) is 0 Å². The van der Waals surface area contributed by atoms with Gasteiger partial charge in [0, 0.05) is 19.2 Å². The highest BCUT2D eigenvalue weighted by Gasteiger charge is 1.96. The number of carbonyl (C=O) groups is 1. The molecule has 0 atom stereocenters. The summed E-state index contributed by atoms with van der Waals surface area (Å²) in [6.07, 6.45) is 6.75. The lowest BCUT2D eigenvalue weighted by Crippen LogP contribution is -1.93. The molecule has 0 unspecified atom stereocenters. The predicted molar refractivity (Wildman–Crippen MR) is 54.0 cm³/mol. The molecular weight excluding hydrogens is 166 g/mol. The lowest BCUT2D eigenvalue weighted by atomic mass is 10.1. The van der Waals surface area contributed by atoms with E-state index in [1.54, 1.807) is 6.21 Å². The minimum absolute atomic E-state index is 0.0224. The van der Waals surface area contributed by atoms with Crippen molar-refractivity contribution in [3.05, 3.63) is 0 Å². The maximum Gasteiger partial charge on any atom is 0.245 e. The van der Waals surface area contributed by atoms with Gasteiger partial charge in [0.05, 0.1) is 0 Å². The first-order chi connectivity index (χ1) is 6.31. The summed E-state index contributed by atoms with van der Waals surface area (Å²) in [5.74, 6) is -0.0224. The first kappa shape index (κ1) is 12.3. The standard InChI is InChI=1S/C10H19NO2/c1-2-8-11-10(13)7-5-3-4-6-9-12/h8,12H,2-7,9H2,1H3. The van der Waals surface area contributed by atoms with E-state index >= 15 is 0 Å². The van der Waals surface area contributed by atoms with E-state index in [2.05, 4.69) is 4.99 Å². The van der Waals surface area contributed by atoms with Crippen molar-refractivity contribution in [2.75, 3.05) is 6.61 Å². The average molecular weight is 185 g/mol. The summed E-state index contributed by atoms with van der Waals surface area (Å²) in [6, 6.07) is 0. The van der Waals surface area contributed by atoms with E-state index in [4.69, 9.17) is 5.11 Å². The van der Waals surface area contributed by atoms with Gasteiger partial charge in [0.1, 0.15) is 0 Å². The number of aliphatic hydroxyl groups excluding tert-OH is 1. The number of hydrogen-bond donors (Lipinski definition) is 1. The Morgan fingerprint density at radius 3 is 2.62 bits per heavy atom. The molecule has 0 aliphatic heterocycles. The Bertz CT molecular complexity index is 155. The van der Waals surface area contributed by atoms with Crippen molar-refractivity contribution in [1.82, 2.24) is 0 Å². The molecule has 0 aliphatic rings. The van der Waals surface area contributed by atoms with Crippen molar-refractivity contribution < 1.29 is 9.90 Å². The number of nitrogens with zero attached hydrogens (tertiary/aromatic N) is 1. The van der Waals surface area contributed by atoms with Crippen LogP contribution in [0.5, 0.6) is 0 Å². The molecule has 0 radical (unpaired) electrons. The van der Waals surface area contributed by atoms with Gasteiger partial charge >= 0.3 is 0 Å². The third-order valence-corrected chi connectivity index (χ3v) is 1.72. The van der Waals surface area contributed by atoms with Crippen molar-refractivity contribution in [2.24, 2.45) is 4.99 Å². The second-order valence-corrected chi connectivity index (χ2v) is 3.00. The molecule has 0 aromatic heterocycles. The van der Waals surface area contributed by atoms with Crippen molar-refractivity contribution in [1.29, 1.82) is 0 Å². The highest BCUT2D eigenvalue weighted by molar-refractivity contribution is 5.84. The molecule has 0 rings (SSSR count). The summed E-state index contributed by atoms with van der Waals surface area (Å²) in [5, 5.41) is 8.50. The van der Waals surface area contributed by atoms with Gasteiger partial charge in [-0.25, -0.2) is 4.99 Å². The van der Waals surface area contributed by atoms with E-state index in [0.717, 1.165) is 32.1 Å². The van der Waals surface area contributed by atoms with Crippen molar-refractivity contribution in [3.63, 3.8) is 0 Å². The van der Waals surface area contributed by atoms with Crippen molar-refractivity contribution >= 4 is 12.1 Å². The molecule has 3 heteroatoms. The molecule has 3 nitrogen and oxygen atoms in total. The third-order valence-electron chi connectivity index (χ3n) is 1.72. The number of hydrogen-bond acceptors (Lipinski definition) is 2. The van der Waals surface area contributed by atoms with Crippen LogP contribution in [0, 0.1) is 0 Å². The maximum absolute atomic E-state index is 11.0. The van der Waals surface area contributed by atoms with Gasteiger partial charge in [-0.3, -0.25) is 4.79 Å². The van der Waals surface area contributed by atoms with E-state index < -0.39 is 0 Å². The molecule has 0 saturated carbocycles. The zero-order valence-corrected chi connectivity index (χ0v) is 8.33. The molecule has 0 heterocycles. The molecule has 0 bridgehead atoms. The Hall–Kier alpha value is -0.700. The number of unbranched alkanes of at least 4 members (excludes halogenated alkanes) is 3. The lowest BCUT2D eigenvalue weighted by Gasteiger charge is -1.96. The first-order valence-electron chi connectivity index (χ1n) is 4.97. The van der Waals surface area contributed by atoms with E-state index in [0.29, 0.717) is 6.42 Å². The van der Waals surface area contributed by atoms with Crippen LogP contribution in [0.15, 0.2) is 4.99 Å². The van der Waals surface area contributed by atoms with Crippen LogP contribution in [0.25, 0.3) is 0 Å². The van der Waals surface area contributed by atoms with Crippen LogP contribution in [0.2, 0.25) is 0 Å². The van der Waals surface area contributed by atoms with Gasteiger partial charge < -0.3 is 5.11 Å². The second-order valence-electron chi connectivity index (χ2n) is 3.00. The predicted octanol–water partition coefficient (Wildman–Crippen LogP) is 1.94. The summed E-state index contributed by atoms with van der Waals surface area (Å²) in [5.41, 5.74) is 0. The fourth-order valence-electron chi connectivity index (χ4n) is 0.999. The molecule has 1 N–H and O–H groups in total. The summed E-state index contributed by atoms with van der Waals surface area (Å²) in [6.45, 7) is 2.21. The van der Waals surface area contributed by atoms with Crippen LogP contribution in [-0.2, 0) is 4.79 Å². The van der Waals surface area contributed by atoms with Gasteiger partial charge in [-0.15, -0.1) is 0 Å². The number of carbonyl (C=O) groups excluding carboxylic acids is 1. The van der Waals surface area contributed by atoms with Gasteiger partial charge in [0.2, 0.25) is 5.91 Å². The molecule has 0 aromatic carbocycles. The SMILES string of the molecule is CCC=NC(=O)CCCCCCO. The minimum atomic E-state index is -0.0224. The molecule has 0 fully saturated rings. The fraction of sp³-hybridized carbons (Fsp3) is 0.800. The summed E-state index contributed by atoms with van der Waals surface area (Å²) >= 11 is 0. The van der Waals surface area contributed by atoms with Crippen LogP contribution in [0.1, 0.15) is 45.4 Å². The minimum Gasteiger partial charge on any atom is -0.396 e. The van der Waals surface area contributed by atoms with Crippen LogP contribution in [0.3, 0.4) is 0 Å². The Morgan fingerprint density at radius 1 is 1.31 bits per heavy atom. The highest BCUT2D eigenvalue weighted by atomic mass is 16.2. The summed E-state index contributed by atoms with van der Waals surface area (Å²) in [7, 11) is 0. The Kier molecular flexibility index (Phi) is 8.88. The number of amides is 1. The van der Waals surface area contributed by atoms with Crippen LogP contribution in [0.4, 0.5) is 0 Å². The molecule has 0 aromatic rings. The van der Waals surface area contributed by atoms with Gasteiger partial charge in [-0.05, 0) is 19.3 Å². The monoisotopic (exact) mass is 185 g/mol. The Morgan fingerprint density at radius 2 is 2.00 bits per heavy atom. The third kappa shape index (κ3) is 9.21. The molecule has 0 spiro atoms. The second kappa shape index (κ2) is 9.39. The van der Waals surface area contributed by atoms with E-state index in [1.165, 1.54) is 0 Å². The number of aliphatic hydroxyl groups is 1. The van der Waals surface area contributed by atoms with E-state index in [1.807, 2.05) is 6.92 Å². The zero-order chi connectivity index (χ0) is 9.94. The average Bonchev–Trinajstić information content (AvgIpc) is 2.14. The largest absolute Gasteiger partial charge is 0.396 e. The van der Waals surface area contributed by atoms with E-state index in [9.17, 15) is 4.79 Å². The summed E-state index contributed by atoms with van der Waals surface area (Å²) in [4.78, 5) is 14.7. The molecule has 13 heavy (non-hydrogen) atoms. The maximum atomic E-state index is 11.0. The van der Waals surface area contributed by atoms with E-state index in [-0.39, 0.29) is 12.5 Å². The zero-order valence-electron chi connectivity index (χ0n) is 8.33. The smallest absolute Gasteiger partial charge is 0.245 e. The Labute approximate surface area is 79.9 Å². The van der Waals surface area contributed by atoms with Crippen molar-refractivity contribution in [2.45, 2.75) is 45.4 Å². The number of rotatable bonds is 7. The molecule has 1 amide bonds. The van der Waals surface area contributed by atoms with Crippen LogP contribution >= 0.6 is 0 Å². The topological polar surface area (TPSA) is 49.7 Å². The Balaban J connectivity index is 3.22. The van der Waals surface area contributed by atoms with Crippen LogP contribution < -0.4 is 0 Å². The summed E-state index contributed by atoms with van der Waals surface area (Å²) < 4.78 is 0. The van der Waals surface area contributed by atoms with Gasteiger partial charge in [0.25, 0.3) is 0 Å². The van der Waals surface area contributed by atoms with Gasteiger partial charge in [-0.2, -0.15) is 0 Å². The highest BCUT2D eigenvalue weighted by Crippen LogP contribution is 2.03. The molecule has 0 saturated heterocycles.